The summed E-state index contributed by atoms with van der Waals surface area (Å²) in [7, 11) is 0. The molecule has 0 bridgehead atoms. The van der Waals surface area contributed by atoms with Crippen molar-refractivity contribution in [3.05, 3.63) is 64.8 Å². The fraction of sp³-hybridized carbons (Fsp3) is 0.407. The minimum atomic E-state index is -1.89. The summed E-state index contributed by atoms with van der Waals surface area (Å²) < 4.78 is 5.06. The number of aromatic nitrogens is 1. The van der Waals surface area contributed by atoms with Crippen molar-refractivity contribution in [2.45, 2.75) is 62.3 Å². The van der Waals surface area contributed by atoms with Crippen LogP contribution in [0.15, 0.2) is 42.5 Å². The quantitative estimate of drug-likeness (QED) is 0.241. The topological polar surface area (TPSA) is 68.5 Å². The second-order valence-electron chi connectivity index (χ2n) is 9.08. The van der Waals surface area contributed by atoms with Gasteiger partial charge in [-0.15, -0.1) is 0 Å². The van der Waals surface area contributed by atoms with Gasteiger partial charge in [-0.25, -0.2) is 0 Å². The zero-order valence-corrected chi connectivity index (χ0v) is 21.8. The van der Waals surface area contributed by atoms with Crippen LogP contribution in [0.1, 0.15) is 66.2 Å². The molecule has 5 nitrogen and oxygen atoms in total. The van der Waals surface area contributed by atoms with Crippen molar-refractivity contribution in [2.75, 3.05) is 0 Å². The molecule has 0 radical (unpaired) electrons. The molecule has 186 valence electrons. The van der Waals surface area contributed by atoms with Crippen molar-refractivity contribution in [1.29, 1.82) is 0 Å². The second-order valence-corrected chi connectivity index (χ2v) is 11.3. The van der Waals surface area contributed by atoms with Gasteiger partial charge >= 0.3 is 9.95 Å². The van der Waals surface area contributed by atoms with E-state index in [1.807, 2.05) is 6.07 Å². The molecule has 1 unspecified atom stereocenters. The normalized spacial score (nSPS) is 15.7. The van der Waals surface area contributed by atoms with Gasteiger partial charge in [-0.05, 0) is 114 Å². The molecule has 35 heavy (non-hydrogen) atoms. The van der Waals surface area contributed by atoms with E-state index in [2.05, 4.69) is 19.1 Å². The number of carboxylic acids is 1. The molecule has 0 amide bonds. The van der Waals surface area contributed by atoms with E-state index in [1.165, 1.54) is 24.8 Å². The number of rotatable bonds is 8. The Bertz CT molecular complexity index is 1230. The molecule has 3 aromatic rings. The van der Waals surface area contributed by atoms with Crippen LogP contribution in [-0.2, 0) is 24.1 Å². The molecular formula is C27H28Cl3NO4. The molecule has 1 atom stereocenters. The van der Waals surface area contributed by atoms with Gasteiger partial charge in [0.1, 0.15) is 5.75 Å². The van der Waals surface area contributed by atoms with Crippen LogP contribution >= 0.6 is 34.8 Å². The highest BCUT2D eigenvalue weighted by Gasteiger charge is 2.31. The summed E-state index contributed by atoms with van der Waals surface area (Å²) in [5.74, 6) is -1.08. The Morgan fingerprint density at radius 1 is 1.09 bits per heavy atom. The summed E-state index contributed by atoms with van der Waals surface area (Å²) >= 11 is 17.1. The van der Waals surface area contributed by atoms with Gasteiger partial charge in [-0.2, -0.15) is 0 Å². The number of aliphatic carboxylic acids is 1. The summed E-state index contributed by atoms with van der Waals surface area (Å²) in [6, 6.07) is 12.7. The lowest BCUT2D eigenvalue weighted by Gasteiger charge is -2.20. The Labute approximate surface area is 219 Å². The first-order valence-corrected chi connectivity index (χ1v) is 13.1. The number of carboxylic acid groups (broad SMARTS) is 1. The SMILES string of the molecule is CCCCCCc1ccc2c(c1)c1c(n2C(=O)c2ccc(OC(Cl)(Cl)Cl)cc2)CCC(C(=O)O)C1. The summed E-state index contributed by atoms with van der Waals surface area (Å²) in [5.41, 5.74) is 4.35. The fourth-order valence-electron chi connectivity index (χ4n) is 4.89. The number of hydrogen-bond acceptors (Lipinski definition) is 3. The molecular weight excluding hydrogens is 509 g/mol. The van der Waals surface area contributed by atoms with Crippen molar-refractivity contribution in [1.82, 2.24) is 4.57 Å². The Balaban J connectivity index is 1.71. The molecule has 0 spiro atoms. The summed E-state index contributed by atoms with van der Waals surface area (Å²) in [6.07, 6.45) is 7.14. The Hall–Kier alpha value is -2.21. The first-order chi connectivity index (χ1) is 16.7. The molecule has 1 aliphatic carbocycles. The summed E-state index contributed by atoms with van der Waals surface area (Å²) in [6.45, 7) is 2.19. The predicted molar refractivity (Wildman–Crippen MR) is 140 cm³/mol. The molecule has 0 aliphatic heterocycles. The summed E-state index contributed by atoms with van der Waals surface area (Å²) in [4.78, 5) is 25.4. The Kier molecular flexibility index (Phi) is 7.99. The monoisotopic (exact) mass is 535 g/mol. The molecule has 1 heterocycles. The van der Waals surface area contributed by atoms with Gasteiger partial charge in [0, 0.05) is 16.6 Å². The van der Waals surface area contributed by atoms with Gasteiger partial charge < -0.3 is 9.84 Å². The highest BCUT2D eigenvalue weighted by atomic mass is 35.6. The molecule has 1 aromatic heterocycles. The average molecular weight is 537 g/mol. The lowest BCUT2D eigenvalue weighted by atomic mass is 9.86. The molecule has 1 N–H and O–H groups in total. The maximum absolute atomic E-state index is 13.7. The number of unbranched alkanes of at least 4 members (excludes halogenated alkanes) is 3. The number of halogens is 3. The van der Waals surface area contributed by atoms with E-state index in [4.69, 9.17) is 39.5 Å². The highest BCUT2D eigenvalue weighted by molar-refractivity contribution is 6.66. The lowest BCUT2D eigenvalue weighted by Crippen LogP contribution is -2.24. The zero-order valence-electron chi connectivity index (χ0n) is 19.5. The van der Waals surface area contributed by atoms with Gasteiger partial charge in [-0.3, -0.25) is 14.2 Å². The third-order valence-electron chi connectivity index (χ3n) is 6.63. The van der Waals surface area contributed by atoms with Gasteiger partial charge in [0.2, 0.25) is 0 Å². The number of alkyl halides is 3. The third kappa shape index (κ3) is 5.96. The molecule has 2 aromatic carbocycles. The first kappa shape index (κ1) is 25.9. The fourth-order valence-corrected chi connectivity index (χ4v) is 5.16. The largest absolute Gasteiger partial charge is 0.481 e. The molecule has 0 saturated carbocycles. The smallest absolute Gasteiger partial charge is 0.338 e. The highest BCUT2D eigenvalue weighted by Crippen LogP contribution is 2.36. The Morgan fingerprint density at radius 2 is 1.83 bits per heavy atom. The average Bonchev–Trinajstić information content (AvgIpc) is 3.14. The maximum Gasteiger partial charge on any atom is 0.338 e. The summed E-state index contributed by atoms with van der Waals surface area (Å²) in [5, 5.41) is 10.6. The van der Waals surface area contributed by atoms with Crippen LogP contribution in [0.2, 0.25) is 0 Å². The number of hydrogen-bond donors (Lipinski definition) is 1. The van der Waals surface area contributed by atoms with Crippen LogP contribution < -0.4 is 4.74 Å². The maximum atomic E-state index is 13.7. The van der Waals surface area contributed by atoms with Crippen LogP contribution in [-0.4, -0.2) is 25.5 Å². The van der Waals surface area contributed by atoms with Gasteiger partial charge in [0.05, 0.1) is 11.4 Å². The van der Waals surface area contributed by atoms with Crippen LogP contribution in [0, 0.1) is 5.92 Å². The zero-order chi connectivity index (χ0) is 25.2. The first-order valence-electron chi connectivity index (χ1n) is 12.0. The van der Waals surface area contributed by atoms with Gasteiger partial charge in [0.15, 0.2) is 0 Å². The number of ether oxygens (including phenoxy) is 1. The van der Waals surface area contributed by atoms with E-state index in [0.29, 0.717) is 30.6 Å². The van der Waals surface area contributed by atoms with E-state index >= 15 is 0 Å². The van der Waals surface area contributed by atoms with E-state index in [0.717, 1.165) is 35.0 Å². The standard InChI is InChI=1S/C27H28Cl3NO4/c1-2-3-4-5-6-17-7-13-23-21(15-17)22-16-19(26(33)34)10-14-24(22)31(23)25(32)18-8-11-20(12-9-18)35-27(28,29)30/h7-9,11-13,15,19H,2-6,10,14,16H2,1H3,(H,33,34). The number of benzene rings is 2. The van der Waals surface area contributed by atoms with E-state index in [-0.39, 0.29) is 5.91 Å². The molecule has 8 heteroatoms. The van der Waals surface area contributed by atoms with E-state index in [1.54, 1.807) is 28.8 Å². The van der Waals surface area contributed by atoms with Crippen LogP contribution in [0.3, 0.4) is 0 Å². The van der Waals surface area contributed by atoms with Crippen LogP contribution in [0.5, 0.6) is 5.75 Å². The molecule has 1 aliphatic rings. The number of fused-ring (bicyclic) bond motifs is 3. The van der Waals surface area contributed by atoms with Crippen LogP contribution in [0.4, 0.5) is 0 Å². The third-order valence-corrected chi connectivity index (χ3v) is 6.86. The van der Waals surface area contributed by atoms with Crippen molar-refractivity contribution >= 4 is 57.6 Å². The van der Waals surface area contributed by atoms with Crippen molar-refractivity contribution < 1.29 is 19.4 Å². The van der Waals surface area contributed by atoms with Gasteiger partial charge in [-0.1, -0.05) is 32.3 Å². The van der Waals surface area contributed by atoms with Crippen molar-refractivity contribution in [3.63, 3.8) is 0 Å². The Morgan fingerprint density at radius 3 is 2.49 bits per heavy atom. The second kappa shape index (κ2) is 10.8. The van der Waals surface area contributed by atoms with E-state index in [9.17, 15) is 14.7 Å². The van der Waals surface area contributed by atoms with Gasteiger partial charge in [0.25, 0.3) is 5.91 Å². The molecule has 0 fully saturated rings. The number of aryl methyl sites for hydroxylation is 1. The minimum Gasteiger partial charge on any atom is -0.481 e. The molecule has 0 saturated heterocycles. The van der Waals surface area contributed by atoms with Crippen molar-refractivity contribution in [3.8, 4) is 5.75 Å². The number of carbonyl (C=O) groups is 2. The number of nitrogens with zero attached hydrogens (tertiary/aromatic N) is 1. The van der Waals surface area contributed by atoms with Crippen LogP contribution in [0.25, 0.3) is 10.9 Å². The number of carbonyl (C=O) groups excluding carboxylic acids is 1. The molecule has 4 rings (SSSR count). The predicted octanol–water partition coefficient (Wildman–Crippen LogP) is 7.35. The van der Waals surface area contributed by atoms with E-state index < -0.39 is 15.9 Å². The van der Waals surface area contributed by atoms with Crippen molar-refractivity contribution in [2.24, 2.45) is 5.92 Å². The lowest BCUT2D eigenvalue weighted by molar-refractivity contribution is -0.142. The minimum absolute atomic E-state index is 0.179.